The number of alkyl halides is 6. The highest BCUT2D eigenvalue weighted by atomic mass is 32.1. The molecule has 4 rings (SSSR count). The summed E-state index contributed by atoms with van der Waals surface area (Å²) in [6, 6.07) is 7.27. The zero-order valence-corrected chi connectivity index (χ0v) is 23.4. The van der Waals surface area contributed by atoms with Gasteiger partial charge in [0.15, 0.2) is 0 Å². The number of fused-ring (bicyclic) bond motifs is 1. The molecular formula is C29H30F6N2O4S. The van der Waals surface area contributed by atoms with Crippen molar-refractivity contribution in [2.45, 2.75) is 63.3 Å². The Hall–Kier alpha value is -3.32. The molecule has 228 valence electrons. The average Bonchev–Trinajstić information content (AvgIpc) is 3.26. The molecule has 6 nitrogen and oxygen atoms in total. The normalized spacial score (nSPS) is 17.7. The largest absolute Gasteiger partial charge is 0.496 e. The Kier molecular flexibility index (Phi) is 9.71. The molecule has 0 spiro atoms. The Labute approximate surface area is 242 Å². The van der Waals surface area contributed by atoms with E-state index >= 15 is 0 Å². The summed E-state index contributed by atoms with van der Waals surface area (Å²) >= 11 is 0.896. The molecule has 1 fully saturated rings. The van der Waals surface area contributed by atoms with Gasteiger partial charge in [0.05, 0.1) is 36.3 Å². The number of aliphatic hydroxyl groups is 1. The number of amides is 2. The van der Waals surface area contributed by atoms with Gasteiger partial charge >= 0.3 is 12.4 Å². The maximum Gasteiger partial charge on any atom is 0.416 e. The number of nitrogens with one attached hydrogen (secondary N) is 2. The van der Waals surface area contributed by atoms with Gasteiger partial charge < -0.3 is 20.5 Å². The van der Waals surface area contributed by atoms with Crippen LogP contribution in [0.15, 0.2) is 36.4 Å². The second-order valence-electron chi connectivity index (χ2n) is 10.3. The van der Waals surface area contributed by atoms with E-state index in [9.17, 15) is 35.9 Å². The van der Waals surface area contributed by atoms with Gasteiger partial charge in [-0.1, -0.05) is 18.6 Å². The number of thiophene rings is 1. The first kappa shape index (κ1) is 31.6. The average molecular weight is 617 g/mol. The van der Waals surface area contributed by atoms with Crippen molar-refractivity contribution in [3.05, 3.63) is 58.0 Å². The van der Waals surface area contributed by atoms with E-state index in [-0.39, 0.29) is 57.8 Å². The molecule has 1 aliphatic carbocycles. The van der Waals surface area contributed by atoms with Crippen LogP contribution in [-0.4, -0.2) is 42.9 Å². The summed E-state index contributed by atoms with van der Waals surface area (Å²) in [6.45, 7) is -0.0441. The van der Waals surface area contributed by atoms with Crippen molar-refractivity contribution in [1.29, 1.82) is 0 Å². The summed E-state index contributed by atoms with van der Waals surface area (Å²) in [5, 5.41) is 14.8. The number of rotatable bonds is 9. The fourth-order valence-corrected chi connectivity index (χ4v) is 6.38. The van der Waals surface area contributed by atoms with E-state index in [1.165, 1.54) is 13.2 Å². The first-order valence-corrected chi connectivity index (χ1v) is 14.2. The third-order valence-corrected chi connectivity index (χ3v) is 8.44. The van der Waals surface area contributed by atoms with Crippen molar-refractivity contribution in [3.8, 4) is 5.75 Å². The molecule has 2 unspecified atom stereocenters. The maximum absolute atomic E-state index is 13.4. The van der Waals surface area contributed by atoms with Gasteiger partial charge in [-0.25, -0.2) is 0 Å². The van der Waals surface area contributed by atoms with Gasteiger partial charge in [-0.3, -0.25) is 9.59 Å². The predicted molar refractivity (Wildman–Crippen MR) is 147 cm³/mol. The molecule has 1 saturated carbocycles. The van der Waals surface area contributed by atoms with Crippen LogP contribution >= 0.6 is 11.3 Å². The lowest BCUT2D eigenvalue weighted by Gasteiger charge is -2.31. The second-order valence-corrected chi connectivity index (χ2v) is 11.4. The molecule has 2 atom stereocenters. The van der Waals surface area contributed by atoms with E-state index in [4.69, 9.17) is 9.84 Å². The number of carbonyl (C=O) groups is 2. The van der Waals surface area contributed by atoms with Crippen molar-refractivity contribution < 1.29 is 45.8 Å². The van der Waals surface area contributed by atoms with E-state index in [2.05, 4.69) is 10.6 Å². The van der Waals surface area contributed by atoms with Crippen LogP contribution in [0.5, 0.6) is 5.75 Å². The number of methoxy groups -OCH3 is 1. The summed E-state index contributed by atoms with van der Waals surface area (Å²) < 4.78 is 85.4. The van der Waals surface area contributed by atoms with Crippen LogP contribution in [0.4, 0.5) is 32.0 Å². The van der Waals surface area contributed by atoms with Crippen molar-refractivity contribution in [2.24, 2.45) is 5.92 Å². The Balaban J connectivity index is 1.64. The van der Waals surface area contributed by atoms with Crippen LogP contribution in [0.1, 0.15) is 58.5 Å². The minimum Gasteiger partial charge on any atom is -0.496 e. The van der Waals surface area contributed by atoms with Crippen molar-refractivity contribution in [2.75, 3.05) is 19.0 Å². The Morgan fingerprint density at radius 1 is 1.07 bits per heavy atom. The third-order valence-electron chi connectivity index (χ3n) is 7.28. The predicted octanol–water partition coefficient (Wildman–Crippen LogP) is 6.89. The standard InChI is InChI=1S/C29H30F6N2O4S/c1-41-22-10-7-16(4-3-11-38)12-21(22)27(40)37-26-20-9-8-18(29(33,34)35)14-23(20)42-24(26)15-25(39)36-19-6-2-5-17(13-19)28(30,31)32/h7-10,12,14,17,19,38H,2-6,11,13,15H2,1H3,(H,36,39)(H,37,40). The van der Waals surface area contributed by atoms with Crippen LogP contribution in [0, 0.1) is 5.92 Å². The van der Waals surface area contributed by atoms with Gasteiger partial charge in [-0.15, -0.1) is 11.3 Å². The smallest absolute Gasteiger partial charge is 0.416 e. The van der Waals surface area contributed by atoms with Crippen LogP contribution in [0.25, 0.3) is 10.1 Å². The van der Waals surface area contributed by atoms with Crippen LogP contribution < -0.4 is 15.4 Å². The molecule has 0 aliphatic heterocycles. The van der Waals surface area contributed by atoms with Crippen molar-refractivity contribution >= 4 is 38.9 Å². The second kappa shape index (κ2) is 12.9. The van der Waals surface area contributed by atoms with Crippen LogP contribution in [0.2, 0.25) is 0 Å². The fraction of sp³-hybridized carbons (Fsp3) is 0.448. The highest BCUT2D eigenvalue weighted by Gasteiger charge is 2.42. The molecular weight excluding hydrogens is 586 g/mol. The number of carbonyl (C=O) groups excluding carboxylic acids is 2. The number of benzene rings is 2. The lowest BCUT2D eigenvalue weighted by atomic mass is 9.85. The van der Waals surface area contributed by atoms with Crippen molar-refractivity contribution in [1.82, 2.24) is 5.32 Å². The summed E-state index contributed by atoms with van der Waals surface area (Å²) in [6.07, 6.45) is -7.93. The first-order valence-electron chi connectivity index (χ1n) is 13.4. The number of halogens is 6. The molecule has 2 amide bonds. The van der Waals surface area contributed by atoms with E-state index in [1.54, 1.807) is 18.2 Å². The number of hydrogen-bond acceptors (Lipinski definition) is 5. The lowest BCUT2D eigenvalue weighted by Crippen LogP contribution is -2.42. The molecule has 0 radical (unpaired) electrons. The minimum atomic E-state index is -4.61. The molecule has 1 aliphatic rings. The van der Waals surface area contributed by atoms with Crippen LogP contribution in [0.3, 0.4) is 0 Å². The highest BCUT2D eigenvalue weighted by Crippen LogP contribution is 2.41. The Morgan fingerprint density at radius 3 is 2.50 bits per heavy atom. The van der Waals surface area contributed by atoms with Gasteiger partial charge in [0.1, 0.15) is 5.75 Å². The Bertz CT molecular complexity index is 1440. The molecule has 13 heteroatoms. The third kappa shape index (κ3) is 7.54. The lowest BCUT2D eigenvalue weighted by molar-refractivity contribution is -0.184. The summed E-state index contributed by atoms with van der Waals surface area (Å²) in [4.78, 5) is 26.7. The van der Waals surface area contributed by atoms with Crippen LogP contribution in [-0.2, 0) is 23.8 Å². The van der Waals surface area contributed by atoms with E-state index < -0.39 is 41.7 Å². The number of hydrogen-bond donors (Lipinski definition) is 3. The molecule has 2 aromatic carbocycles. The zero-order chi connectivity index (χ0) is 30.7. The summed E-state index contributed by atoms with van der Waals surface area (Å²) in [5.41, 5.74) is 0.145. The van der Waals surface area contributed by atoms with Crippen molar-refractivity contribution in [3.63, 3.8) is 0 Å². The van der Waals surface area contributed by atoms with Gasteiger partial charge in [-0.2, -0.15) is 26.3 Å². The molecule has 3 aromatic rings. The molecule has 42 heavy (non-hydrogen) atoms. The molecule has 1 aromatic heterocycles. The van der Waals surface area contributed by atoms with E-state index in [0.717, 1.165) is 29.0 Å². The summed E-state index contributed by atoms with van der Waals surface area (Å²) in [7, 11) is 1.38. The monoisotopic (exact) mass is 616 g/mol. The number of aliphatic hydroxyl groups excluding tert-OH is 1. The summed E-state index contributed by atoms with van der Waals surface area (Å²) in [5.74, 6) is -2.49. The van der Waals surface area contributed by atoms with Gasteiger partial charge in [0.25, 0.3) is 5.91 Å². The number of aryl methyl sites for hydroxylation is 1. The zero-order valence-electron chi connectivity index (χ0n) is 22.6. The highest BCUT2D eigenvalue weighted by molar-refractivity contribution is 7.20. The molecule has 1 heterocycles. The van der Waals surface area contributed by atoms with Gasteiger partial charge in [0, 0.05) is 27.6 Å². The van der Waals surface area contributed by atoms with Gasteiger partial charge in [0.2, 0.25) is 5.91 Å². The topological polar surface area (TPSA) is 87.7 Å². The molecule has 3 N–H and O–H groups in total. The fourth-order valence-electron chi connectivity index (χ4n) is 5.18. The number of anilines is 1. The number of ether oxygens (including phenoxy) is 1. The maximum atomic E-state index is 13.4. The minimum absolute atomic E-state index is 0.00539. The Morgan fingerprint density at radius 2 is 1.83 bits per heavy atom. The van der Waals surface area contributed by atoms with Gasteiger partial charge in [-0.05, 0) is 61.9 Å². The molecule has 0 saturated heterocycles. The molecule has 0 bridgehead atoms. The van der Waals surface area contributed by atoms with E-state index in [1.807, 2.05) is 0 Å². The SMILES string of the molecule is COc1ccc(CCCO)cc1C(=O)Nc1c(CC(=O)NC2CCCC(C(F)(F)F)C2)sc2cc(C(F)(F)F)ccc12. The first-order chi connectivity index (χ1) is 19.8. The quantitative estimate of drug-likeness (QED) is 0.229. The van der Waals surface area contributed by atoms with E-state index in [0.29, 0.717) is 25.7 Å².